The van der Waals surface area contributed by atoms with E-state index in [0.29, 0.717) is 6.54 Å². The van der Waals surface area contributed by atoms with E-state index >= 15 is 0 Å². The number of halogens is 1. The third-order valence-electron chi connectivity index (χ3n) is 2.16. The largest absolute Gasteiger partial charge is 0.393 e. The van der Waals surface area contributed by atoms with Gasteiger partial charge in [-0.1, -0.05) is 0 Å². The van der Waals surface area contributed by atoms with E-state index in [1.165, 1.54) is 0 Å². The molecule has 2 nitrogen and oxygen atoms in total. The Labute approximate surface area is 73.4 Å². The van der Waals surface area contributed by atoms with Gasteiger partial charge < -0.3 is 5.11 Å². The first-order valence-electron chi connectivity index (χ1n) is 4.57. The molecule has 0 saturated carbocycles. The summed E-state index contributed by atoms with van der Waals surface area (Å²) in [7, 11) is 0. The van der Waals surface area contributed by atoms with Crippen molar-refractivity contribution in [1.29, 1.82) is 0 Å². The van der Waals surface area contributed by atoms with Crippen LogP contribution in [0.1, 0.15) is 26.7 Å². The third kappa shape index (κ3) is 3.50. The highest BCUT2D eigenvalue weighted by Crippen LogP contribution is 2.15. The van der Waals surface area contributed by atoms with Crippen LogP contribution in [0.25, 0.3) is 0 Å². The Kier molecular flexibility index (Phi) is 3.07. The maximum atomic E-state index is 13.2. The van der Waals surface area contributed by atoms with E-state index in [1.807, 2.05) is 0 Å². The first-order valence-corrected chi connectivity index (χ1v) is 4.57. The molecule has 1 N–H and O–H groups in total. The molecule has 0 atom stereocenters. The Morgan fingerprint density at radius 3 is 2.33 bits per heavy atom. The Balaban J connectivity index is 2.26. The highest BCUT2D eigenvalue weighted by molar-refractivity contribution is 4.77. The monoisotopic (exact) mass is 175 g/mol. The number of rotatable bonds is 2. The number of hydrogen-bond acceptors (Lipinski definition) is 2. The lowest BCUT2D eigenvalue weighted by Crippen LogP contribution is -2.42. The summed E-state index contributed by atoms with van der Waals surface area (Å²) in [6.07, 6.45) is 1.41. The minimum absolute atomic E-state index is 0.163. The van der Waals surface area contributed by atoms with Crippen LogP contribution < -0.4 is 0 Å². The predicted octanol–water partition coefficient (Wildman–Crippen LogP) is 1.19. The van der Waals surface area contributed by atoms with Crippen molar-refractivity contribution in [3.63, 3.8) is 0 Å². The predicted molar refractivity (Wildman–Crippen MR) is 46.9 cm³/mol. The van der Waals surface area contributed by atoms with Gasteiger partial charge in [-0.2, -0.15) is 0 Å². The second kappa shape index (κ2) is 3.71. The normalized spacial score (nSPS) is 23.0. The van der Waals surface area contributed by atoms with Crippen molar-refractivity contribution >= 4 is 0 Å². The number of aliphatic hydroxyl groups excluding tert-OH is 1. The molecule has 12 heavy (non-hydrogen) atoms. The Morgan fingerprint density at radius 1 is 1.42 bits per heavy atom. The van der Waals surface area contributed by atoms with Gasteiger partial charge in [0.2, 0.25) is 0 Å². The number of hydrogen-bond donors (Lipinski definition) is 1. The van der Waals surface area contributed by atoms with E-state index < -0.39 is 5.67 Å². The molecular weight excluding hydrogens is 157 g/mol. The summed E-state index contributed by atoms with van der Waals surface area (Å²) < 4.78 is 13.2. The zero-order valence-corrected chi connectivity index (χ0v) is 7.89. The molecule has 0 bridgehead atoms. The van der Waals surface area contributed by atoms with Crippen LogP contribution in [0, 0.1) is 0 Å². The summed E-state index contributed by atoms with van der Waals surface area (Å²) in [6, 6.07) is 0. The molecule has 0 radical (unpaired) electrons. The number of likely N-dealkylation sites (tertiary alicyclic amines) is 1. The lowest BCUT2D eigenvalue weighted by Gasteiger charge is -2.32. The van der Waals surface area contributed by atoms with Gasteiger partial charge in [0.15, 0.2) is 0 Å². The molecule has 0 amide bonds. The van der Waals surface area contributed by atoms with Crippen LogP contribution in [-0.4, -0.2) is 41.4 Å². The molecule has 0 aromatic heterocycles. The van der Waals surface area contributed by atoms with E-state index in [9.17, 15) is 9.50 Å². The summed E-state index contributed by atoms with van der Waals surface area (Å²) in [6.45, 7) is 5.33. The van der Waals surface area contributed by atoms with Gasteiger partial charge in [-0.05, 0) is 26.7 Å². The van der Waals surface area contributed by atoms with E-state index in [4.69, 9.17) is 0 Å². The molecule has 1 heterocycles. The van der Waals surface area contributed by atoms with Crippen LogP contribution in [0.5, 0.6) is 0 Å². The van der Waals surface area contributed by atoms with Crippen LogP contribution in [0.15, 0.2) is 0 Å². The summed E-state index contributed by atoms with van der Waals surface area (Å²) >= 11 is 0. The number of nitrogens with zero attached hydrogens (tertiary/aromatic N) is 1. The maximum absolute atomic E-state index is 13.2. The molecular formula is C9H18FNO. The molecule has 1 fully saturated rings. The van der Waals surface area contributed by atoms with Gasteiger partial charge in [-0.25, -0.2) is 4.39 Å². The van der Waals surface area contributed by atoms with Gasteiger partial charge in [-0.3, -0.25) is 4.90 Å². The number of aliphatic hydroxyl groups is 1. The smallest absolute Gasteiger partial charge is 0.118 e. The third-order valence-corrected chi connectivity index (χ3v) is 2.16. The van der Waals surface area contributed by atoms with E-state index in [1.54, 1.807) is 13.8 Å². The van der Waals surface area contributed by atoms with Gasteiger partial charge in [0.25, 0.3) is 0 Å². The molecule has 72 valence electrons. The van der Waals surface area contributed by atoms with Crippen molar-refractivity contribution in [2.45, 2.75) is 38.5 Å². The van der Waals surface area contributed by atoms with Crippen molar-refractivity contribution in [2.75, 3.05) is 19.6 Å². The fourth-order valence-corrected chi connectivity index (χ4v) is 1.61. The Hall–Kier alpha value is -0.150. The Morgan fingerprint density at radius 2 is 1.92 bits per heavy atom. The SMILES string of the molecule is CC(C)(F)CN1CCC(O)CC1. The number of alkyl halides is 1. The van der Waals surface area contributed by atoms with Crippen LogP contribution in [0.2, 0.25) is 0 Å². The summed E-state index contributed by atoms with van der Waals surface area (Å²) in [5, 5.41) is 9.20. The highest BCUT2D eigenvalue weighted by Gasteiger charge is 2.23. The van der Waals surface area contributed by atoms with Gasteiger partial charge >= 0.3 is 0 Å². The second-order valence-corrected chi connectivity index (χ2v) is 4.23. The fraction of sp³-hybridized carbons (Fsp3) is 1.00. The second-order valence-electron chi connectivity index (χ2n) is 4.23. The fourth-order valence-electron chi connectivity index (χ4n) is 1.61. The van der Waals surface area contributed by atoms with E-state index in [0.717, 1.165) is 25.9 Å². The molecule has 1 rings (SSSR count). The number of piperidine rings is 1. The van der Waals surface area contributed by atoms with E-state index in [-0.39, 0.29) is 6.10 Å². The van der Waals surface area contributed by atoms with Gasteiger partial charge in [0.1, 0.15) is 5.67 Å². The quantitative estimate of drug-likeness (QED) is 0.681. The van der Waals surface area contributed by atoms with Crippen LogP contribution in [0.4, 0.5) is 4.39 Å². The standard InChI is InChI=1S/C9H18FNO/c1-9(2,10)7-11-5-3-8(12)4-6-11/h8,12H,3-7H2,1-2H3. The van der Waals surface area contributed by atoms with Crippen molar-refractivity contribution in [3.05, 3.63) is 0 Å². The molecule has 0 unspecified atom stereocenters. The van der Waals surface area contributed by atoms with Crippen molar-refractivity contribution in [3.8, 4) is 0 Å². The summed E-state index contributed by atoms with van der Waals surface area (Å²) in [4.78, 5) is 2.08. The lowest BCUT2D eigenvalue weighted by molar-refractivity contribution is 0.0518. The molecule has 0 aromatic rings. The van der Waals surface area contributed by atoms with Crippen LogP contribution in [-0.2, 0) is 0 Å². The molecule has 3 heteroatoms. The van der Waals surface area contributed by atoms with Crippen LogP contribution in [0.3, 0.4) is 0 Å². The lowest BCUT2D eigenvalue weighted by atomic mass is 10.1. The van der Waals surface area contributed by atoms with Gasteiger partial charge in [0.05, 0.1) is 6.10 Å². The first kappa shape index (κ1) is 9.93. The van der Waals surface area contributed by atoms with Crippen LogP contribution >= 0.6 is 0 Å². The summed E-state index contributed by atoms with van der Waals surface area (Å²) in [5.41, 5.74) is -1.11. The average Bonchev–Trinajstić information content (AvgIpc) is 1.91. The minimum Gasteiger partial charge on any atom is -0.393 e. The molecule has 1 saturated heterocycles. The van der Waals surface area contributed by atoms with Crippen molar-refractivity contribution < 1.29 is 9.50 Å². The zero-order chi connectivity index (χ0) is 9.19. The summed E-state index contributed by atoms with van der Waals surface area (Å²) in [5.74, 6) is 0. The van der Waals surface area contributed by atoms with Gasteiger partial charge in [0, 0.05) is 19.6 Å². The zero-order valence-electron chi connectivity index (χ0n) is 7.89. The minimum atomic E-state index is -1.11. The Bertz CT molecular complexity index is 136. The molecule has 0 spiro atoms. The van der Waals surface area contributed by atoms with Gasteiger partial charge in [-0.15, -0.1) is 0 Å². The highest BCUT2D eigenvalue weighted by atomic mass is 19.1. The van der Waals surface area contributed by atoms with Crippen molar-refractivity contribution in [1.82, 2.24) is 4.90 Å². The molecule has 1 aliphatic heterocycles. The molecule has 1 aliphatic rings. The topological polar surface area (TPSA) is 23.5 Å². The average molecular weight is 175 g/mol. The first-order chi connectivity index (χ1) is 5.47. The maximum Gasteiger partial charge on any atom is 0.118 e. The van der Waals surface area contributed by atoms with E-state index in [2.05, 4.69) is 4.90 Å². The molecule has 0 aromatic carbocycles. The van der Waals surface area contributed by atoms with Crippen molar-refractivity contribution in [2.24, 2.45) is 0 Å². The molecule has 0 aliphatic carbocycles.